The second kappa shape index (κ2) is 9.03. The smallest absolute Gasteiger partial charge is 0.326 e. The van der Waals surface area contributed by atoms with Gasteiger partial charge in [-0.1, -0.05) is 0 Å². The molecule has 1 aromatic rings. The summed E-state index contributed by atoms with van der Waals surface area (Å²) < 4.78 is 0. The lowest BCUT2D eigenvalue weighted by Gasteiger charge is -2.32. The van der Waals surface area contributed by atoms with Gasteiger partial charge in [0.2, 0.25) is 11.9 Å². The third-order valence-electron chi connectivity index (χ3n) is 4.34. The standard InChI is InChI=1S/C17H26N4O3S/c1-11-10-12(2)19-17(18-11)21-7-4-13(5-8-21)15(22)20-14(16(23)24)6-9-25-3/h10,13-14H,4-9H2,1-3H3,(H,20,22)(H,23,24). The average molecular weight is 366 g/mol. The van der Waals surface area contributed by atoms with E-state index in [0.717, 1.165) is 11.4 Å². The third kappa shape index (κ3) is 5.59. The molecule has 1 unspecified atom stereocenters. The summed E-state index contributed by atoms with van der Waals surface area (Å²) in [7, 11) is 0. The number of aliphatic carboxylic acids is 1. The molecule has 0 aliphatic carbocycles. The molecule has 138 valence electrons. The molecule has 0 saturated carbocycles. The van der Waals surface area contributed by atoms with Crippen LogP contribution in [0.5, 0.6) is 0 Å². The number of carboxylic acid groups (broad SMARTS) is 1. The number of amides is 1. The Balaban J connectivity index is 1.90. The van der Waals surface area contributed by atoms with Crippen molar-refractivity contribution in [2.24, 2.45) is 5.92 Å². The Bertz CT molecular complexity index is 598. The fraction of sp³-hybridized carbons (Fsp3) is 0.647. The van der Waals surface area contributed by atoms with Crippen LogP contribution >= 0.6 is 11.8 Å². The predicted molar refractivity (Wildman–Crippen MR) is 99.0 cm³/mol. The average Bonchev–Trinajstić information content (AvgIpc) is 2.57. The van der Waals surface area contributed by atoms with Crippen molar-refractivity contribution in [2.45, 2.75) is 39.2 Å². The first-order valence-corrected chi connectivity index (χ1v) is 9.89. The lowest BCUT2D eigenvalue weighted by Crippen LogP contribution is -2.47. The van der Waals surface area contributed by atoms with Crippen molar-refractivity contribution in [3.05, 3.63) is 17.5 Å². The molecular formula is C17H26N4O3S. The van der Waals surface area contributed by atoms with E-state index in [4.69, 9.17) is 0 Å². The first-order valence-electron chi connectivity index (χ1n) is 8.50. The summed E-state index contributed by atoms with van der Waals surface area (Å²) in [5.74, 6) is 0.135. The van der Waals surface area contributed by atoms with Gasteiger partial charge in [-0.25, -0.2) is 14.8 Å². The highest BCUT2D eigenvalue weighted by Crippen LogP contribution is 2.21. The first kappa shape index (κ1) is 19.5. The van der Waals surface area contributed by atoms with E-state index in [1.54, 1.807) is 11.8 Å². The van der Waals surface area contributed by atoms with Crippen LogP contribution in [-0.2, 0) is 9.59 Å². The quantitative estimate of drug-likeness (QED) is 0.757. The van der Waals surface area contributed by atoms with Crippen molar-refractivity contribution in [1.82, 2.24) is 15.3 Å². The molecule has 2 N–H and O–H groups in total. The summed E-state index contributed by atoms with van der Waals surface area (Å²) in [4.78, 5) is 34.7. The number of carboxylic acids is 1. The highest BCUT2D eigenvalue weighted by molar-refractivity contribution is 7.98. The van der Waals surface area contributed by atoms with E-state index in [-0.39, 0.29) is 11.8 Å². The molecule has 0 bridgehead atoms. The van der Waals surface area contributed by atoms with Crippen LogP contribution < -0.4 is 10.2 Å². The molecule has 0 aromatic carbocycles. The van der Waals surface area contributed by atoms with Gasteiger partial charge in [-0.15, -0.1) is 0 Å². The maximum atomic E-state index is 12.4. The van der Waals surface area contributed by atoms with Crippen molar-refractivity contribution in [3.8, 4) is 0 Å². The predicted octanol–water partition coefficient (Wildman–Crippen LogP) is 1.63. The first-order chi connectivity index (χ1) is 11.9. The van der Waals surface area contributed by atoms with E-state index in [2.05, 4.69) is 20.2 Å². The van der Waals surface area contributed by atoms with Gasteiger partial charge in [-0.3, -0.25) is 4.79 Å². The zero-order chi connectivity index (χ0) is 18.4. The van der Waals surface area contributed by atoms with Crippen LogP contribution in [0, 0.1) is 19.8 Å². The van der Waals surface area contributed by atoms with Crippen LogP contribution in [0.3, 0.4) is 0 Å². The Morgan fingerprint density at radius 1 is 1.32 bits per heavy atom. The molecule has 7 nitrogen and oxygen atoms in total. The van der Waals surface area contributed by atoms with Crippen LogP contribution in [0.1, 0.15) is 30.7 Å². The van der Waals surface area contributed by atoms with Crippen molar-refractivity contribution >= 4 is 29.6 Å². The monoisotopic (exact) mass is 366 g/mol. The Hall–Kier alpha value is -1.83. The van der Waals surface area contributed by atoms with E-state index in [1.165, 1.54) is 0 Å². The number of carbonyl (C=O) groups is 2. The number of hydrogen-bond donors (Lipinski definition) is 2. The van der Waals surface area contributed by atoms with Gasteiger partial charge in [0.25, 0.3) is 0 Å². The Labute approximate surface area is 152 Å². The van der Waals surface area contributed by atoms with Crippen molar-refractivity contribution in [3.63, 3.8) is 0 Å². The van der Waals surface area contributed by atoms with Gasteiger partial charge in [0, 0.05) is 30.4 Å². The van der Waals surface area contributed by atoms with Crippen molar-refractivity contribution in [2.75, 3.05) is 30.0 Å². The minimum atomic E-state index is -0.969. The molecule has 0 spiro atoms. The maximum absolute atomic E-state index is 12.4. The number of anilines is 1. The number of aromatic nitrogens is 2. The second-order valence-corrected chi connectivity index (χ2v) is 7.38. The van der Waals surface area contributed by atoms with Gasteiger partial charge < -0.3 is 15.3 Å². The fourth-order valence-electron chi connectivity index (χ4n) is 2.97. The largest absolute Gasteiger partial charge is 0.480 e. The SMILES string of the molecule is CSCCC(NC(=O)C1CCN(c2nc(C)cc(C)n2)CC1)C(=O)O. The number of rotatable bonds is 7. The van der Waals surface area contributed by atoms with Crippen molar-refractivity contribution in [1.29, 1.82) is 0 Å². The zero-order valence-electron chi connectivity index (χ0n) is 15.0. The molecule has 2 rings (SSSR count). The molecule has 1 aliphatic heterocycles. The topological polar surface area (TPSA) is 95.4 Å². The van der Waals surface area contributed by atoms with E-state index in [9.17, 15) is 14.7 Å². The second-order valence-electron chi connectivity index (χ2n) is 6.39. The molecule has 1 amide bonds. The number of thioether (sulfide) groups is 1. The van der Waals surface area contributed by atoms with Crippen LogP contribution in [-0.4, -0.2) is 58.1 Å². The number of hydrogen-bond acceptors (Lipinski definition) is 6. The molecular weight excluding hydrogens is 340 g/mol. The van der Waals surface area contributed by atoms with Gasteiger partial charge in [0.15, 0.2) is 0 Å². The maximum Gasteiger partial charge on any atom is 0.326 e. The minimum Gasteiger partial charge on any atom is -0.480 e. The molecule has 0 radical (unpaired) electrons. The molecule has 8 heteroatoms. The van der Waals surface area contributed by atoms with Gasteiger partial charge in [-0.2, -0.15) is 11.8 Å². The number of carbonyl (C=O) groups excluding carboxylic acids is 1. The Morgan fingerprint density at radius 3 is 2.44 bits per heavy atom. The zero-order valence-corrected chi connectivity index (χ0v) is 15.8. The van der Waals surface area contributed by atoms with Gasteiger partial charge in [0.05, 0.1) is 0 Å². The number of piperidine rings is 1. The normalized spacial score (nSPS) is 16.5. The van der Waals surface area contributed by atoms with E-state index < -0.39 is 12.0 Å². The van der Waals surface area contributed by atoms with Crippen LogP contribution in [0.25, 0.3) is 0 Å². The molecule has 2 heterocycles. The lowest BCUT2D eigenvalue weighted by molar-refractivity contribution is -0.142. The highest BCUT2D eigenvalue weighted by atomic mass is 32.2. The molecule has 1 aliphatic rings. The summed E-state index contributed by atoms with van der Waals surface area (Å²) in [5.41, 5.74) is 1.86. The van der Waals surface area contributed by atoms with Gasteiger partial charge in [0.1, 0.15) is 6.04 Å². The van der Waals surface area contributed by atoms with Crippen LogP contribution in [0.15, 0.2) is 6.07 Å². The third-order valence-corrected chi connectivity index (χ3v) is 4.99. The minimum absolute atomic E-state index is 0.154. The number of aryl methyl sites for hydroxylation is 2. The van der Waals surface area contributed by atoms with E-state index in [0.29, 0.717) is 44.1 Å². The van der Waals surface area contributed by atoms with Crippen LogP contribution in [0.4, 0.5) is 5.95 Å². The number of nitrogens with zero attached hydrogens (tertiary/aromatic N) is 3. The summed E-state index contributed by atoms with van der Waals surface area (Å²) in [5, 5.41) is 11.9. The van der Waals surface area contributed by atoms with Crippen molar-refractivity contribution < 1.29 is 14.7 Å². The fourth-order valence-corrected chi connectivity index (χ4v) is 3.44. The molecule has 1 saturated heterocycles. The van der Waals surface area contributed by atoms with E-state index in [1.807, 2.05) is 26.2 Å². The molecule has 25 heavy (non-hydrogen) atoms. The van der Waals surface area contributed by atoms with Crippen LogP contribution in [0.2, 0.25) is 0 Å². The lowest BCUT2D eigenvalue weighted by atomic mass is 9.95. The van der Waals surface area contributed by atoms with Gasteiger partial charge >= 0.3 is 5.97 Å². The summed E-state index contributed by atoms with van der Waals surface area (Å²) in [6.45, 7) is 5.28. The van der Waals surface area contributed by atoms with Gasteiger partial charge in [-0.05, 0) is 51.2 Å². The summed E-state index contributed by atoms with van der Waals surface area (Å²) >= 11 is 1.57. The summed E-state index contributed by atoms with van der Waals surface area (Å²) in [6, 6.07) is 1.13. The summed E-state index contributed by atoms with van der Waals surface area (Å²) in [6.07, 6.45) is 3.72. The van der Waals surface area contributed by atoms with E-state index >= 15 is 0 Å². The molecule has 1 aromatic heterocycles. The number of nitrogens with one attached hydrogen (secondary N) is 1. The Morgan fingerprint density at radius 2 is 1.92 bits per heavy atom. The molecule has 1 fully saturated rings. The molecule has 1 atom stereocenters. The Kier molecular flexibility index (Phi) is 7.04. The highest BCUT2D eigenvalue weighted by Gasteiger charge is 2.29.